The normalized spacial score (nSPS) is 10.7. The molecular weight excluding hydrogens is 267 g/mol. The van der Waals surface area contributed by atoms with Gasteiger partial charge < -0.3 is 14.2 Å². The van der Waals surface area contributed by atoms with Crippen LogP contribution in [0, 0.1) is 5.82 Å². The molecule has 0 heterocycles. The van der Waals surface area contributed by atoms with Crippen molar-refractivity contribution in [3.63, 3.8) is 0 Å². The second-order valence-electron chi connectivity index (χ2n) is 2.79. The van der Waals surface area contributed by atoms with Crippen molar-refractivity contribution < 1.29 is 18.6 Å². The second kappa shape index (κ2) is 6.05. The van der Waals surface area contributed by atoms with E-state index in [0.29, 0.717) is 4.47 Å². The van der Waals surface area contributed by atoms with Crippen molar-refractivity contribution in [3.05, 3.63) is 28.5 Å². The highest BCUT2D eigenvalue weighted by Gasteiger charge is 2.09. The summed E-state index contributed by atoms with van der Waals surface area (Å²) in [5, 5.41) is 0. The molecule has 3 nitrogen and oxygen atoms in total. The van der Waals surface area contributed by atoms with Crippen molar-refractivity contribution in [1.29, 1.82) is 0 Å². The van der Waals surface area contributed by atoms with E-state index in [0.717, 1.165) is 0 Å². The fraction of sp³-hybridized carbons (Fsp3) is 0.400. The maximum Gasteiger partial charge on any atom is 0.191 e. The third-order valence-electron chi connectivity index (χ3n) is 1.79. The van der Waals surface area contributed by atoms with Gasteiger partial charge in [0.2, 0.25) is 0 Å². The van der Waals surface area contributed by atoms with E-state index >= 15 is 0 Å². The van der Waals surface area contributed by atoms with Crippen molar-refractivity contribution in [2.45, 2.75) is 6.29 Å². The zero-order valence-corrected chi connectivity index (χ0v) is 10.1. The average Bonchev–Trinajstić information content (AvgIpc) is 2.22. The van der Waals surface area contributed by atoms with E-state index in [1.807, 2.05) is 0 Å². The molecule has 1 rings (SSSR count). The van der Waals surface area contributed by atoms with Gasteiger partial charge in [0.15, 0.2) is 17.9 Å². The lowest BCUT2D eigenvalue weighted by molar-refractivity contribution is -0.122. The molecule has 1 aromatic rings. The number of halogens is 2. The topological polar surface area (TPSA) is 27.7 Å². The number of rotatable bonds is 5. The van der Waals surface area contributed by atoms with Gasteiger partial charge in [0.05, 0.1) is 0 Å². The minimum atomic E-state index is -0.493. The molecule has 0 atom stereocenters. The van der Waals surface area contributed by atoms with Crippen LogP contribution in [0.4, 0.5) is 4.39 Å². The minimum absolute atomic E-state index is 0.144. The first-order valence-electron chi connectivity index (χ1n) is 4.30. The molecule has 0 aliphatic heterocycles. The van der Waals surface area contributed by atoms with Crippen LogP contribution in [0.2, 0.25) is 0 Å². The monoisotopic (exact) mass is 278 g/mol. The van der Waals surface area contributed by atoms with Gasteiger partial charge in [-0.3, -0.25) is 0 Å². The third kappa shape index (κ3) is 3.77. The molecule has 0 unspecified atom stereocenters. The van der Waals surface area contributed by atoms with E-state index in [9.17, 15) is 4.39 Å². The van der Waals surface area contributed by atoms with Gasteiger partial charge in [-0.1, -0.05) is 15.9 Å². The van der Waals surface area contributed by atoms with E-state index in [2.05, 4.69) is 15.9 Å². The molecule has 0 aliphatic rings. The van der Waals surface area contributed by atoms with Gasteiger partial charge in [0.25, 0.3) is 0 Å². The molecule has 0 bridgehead atoms. The molecular formula is C10H12BrFO3. The first-order chi connectivity index (χ1) is 7.17. The standard InChI is InChI=1S/C10H12BrFO3/c1-13-10(14-2)6-15-9-4-3-7(11)5-8(9)12/h3-5,10H,6H2,1-2H3. The van der Waals surface area contributed by atoms with E-state index < -0.39 is 12.1 Å². The van der Waals surface area contributed by atoms with Crippen LogP contribution in [0.3, 0.4) is 0 Å². The summed E-state index contributed by atoms with van der Waals surface area (Å²) in [7, 11) is 2.99. The molecule has 0 saturated heterocycles. The van der Waals surface area contributed by atoms with Crippen molar-refractivity contribution >= 4 is 15.9 Å². The molecule has 15 heavy (non-hydrogen) atoms. The van der Waals surface area contributed by atoms with E-state index in [4.69, 9.17) is 14.2 Å². The number of hydrogen-bond donors (Lipinski definition) is 0. The minimum Gasteiger partial charge on any atom is -0.485 e. The van der Waals surface area contributed by atoms with Crippen molar-refractivity contribution in [3.8, 4) is 5.75 Å². The van der Waals surface area contributed by atoms with E-state index in [-0.39, 0.29) is 12.4 Å². The second-order valence-corrected chi connectivity index (χ2v) is 3.70. The zero-order chi connectivity index (χ0) is 11.3. The van der Waals surface area contributed by atoms with Crippen LogP contribution in [0.5, 0.6) is 5.75 Å². The highest BCUT2D eigenvalue weighted by molar-refractivity contribution is 9.10. The Morgan fingerprint density at radius 1 is 1.33 bits per heavy atom. The maximum absolute atomic E-state index is 13.3. The molecule has 0 aliphatic carbocycles. The summed E-state index contributed by atoms with van der Waals surface area (Å²) in [6, 6.07) is 4.58. The van der Waals surface area contributed by atoms with Gasteiger partial charge in [-0.15, -0.1) is 0 Å². The fourth-order valence-electron chi connectivity index (χ4n) is 0.982. The summed E-state index contributed by atoms with van der Waals surface area (Å²) >= 11 is 3.16. The van der Waals surface area contributed by atoms with Gasteiger partial charge in [-0.2, -0.15) is 0 Å². The lowest BCUT2D eigenvalue weighted by Gasteiger charge is -2.14. The highest BCUT2D eigenvalue weighted by Crippen LogP contribution is 2.21. The molecule has 0 amide bonds. The molecule has 0 fully saturated rings. The van der Waals surface area contributed by atoms with Crippen molar-refractivity contribution in [2.75, 3.05) is 20.8 Å². The summed E-state index contributed by atoms with van der Waals surface area (Å²) in [6.07, 6.45) is -0.493. The van der Waals surface area contributed by atoms with E-state index in [1.165, 1.54) is 20.3 Å². The highest BCUT2D eigenvalue weighted by atomic mass is 79.9. The average molecular weight is 279 g/mol. The molecule has 0 spiro atoms. The largest absolute Gasteiger partial charge is 0.485 e. The van der Waals surface area contributed by atoms with Crippen LogP contribution in [0.25, 0.3) is 0 Å². The summed E-state index contributed by atoms with van der Waals surface area (Å²) in [4.78, 5) is 0. The molecule has 1 aromatic carbocycles. The summed E-state index contributed by atoms with van der Waals surface area (Å²) in [5.74, 6) is -0.243. The molecule has 0 N–H and O–H groups in total. The van der Waals surface area contributed by atoms with Crippen LogP contribution in [-0.2, 0) is 9.47 Å². The number of hydrogen-bond acceptors (Lipinski definition) is 3. The molecule has 0 radical (unpaired) electrons. The van der Waals surface area contributed by atoms with Gasteiger partial charge in [0, 0.05) is 18.7 Å². The fourth-order valence-corrected chi connectivity index (χ4v) is 1.32. The Kier molecular flexibility index (Phi) is 5.01. The van der Waals surface area contributed by atoms with Gasteiger partial charge in [-0.05, 0) is 18.2 Å². The quantitative estimate of drug-likeness (QED) is 0.775. The lowest BCUT2D eigenvalue weighted by atomic mass is 10.3. The number of benzene rings is 1. The SMILES string of the molecule is COC(COc1ccc(Br)cc1F)OC. The van der Waals surface area contributed by atoms with Crippen LogP contribution >= 0.6 is 15.9 Å². The Morgan fingerprint density at radius 2 is 2.00 bits per heavy atom. The Labute approximate surface area is 96.3 Å². The molecule has 0 aromatic heterocycles. The summed E-state index contributed by atoms with van der Waals surface area (Å²) < 4.78 is 28.9. The maximum atomic E-state index is 13.3. The molecule has 84 valence electrons. The first-order valence-corrected chi connectivity index (χ1v) is 5.10. The number of methoxy groups -OCH3 is 2. The van der Waals surface area contributed by atoms with Crippen LogP contribution in [0.15, 0.2) is 22.7 Å². The van der Waals surface area contributed by atoms with Crippen molar-refractivity contribution in [2.24, 2.45) is 0 Å². The third-order valence-corrected chi connectivity index (χ3v) is 2.29. The Hall–Kier alpha value is -0.650. The number of ether oxygens (including phenoxy) is 3. The van der Waals surface area contributed by atoms with Crippen LogP contribution in [-0.4, -0.2) is 27.1 Å². The van der Waals surface area contributed by atoms with Gasteiger partial charge in [-0.25, -0.2) is 4.39 Å². The van der Waals surface area contributed by atoms with Crippen LogP contribution in [0.1, 0.15) is 0 Å². The van der Waals surface area contributed by atoms with Gasteiger partial charge in [0.1, 0.15) is 6.61 Å². The first kappa shape index (κ1) is 12.4. The lowest BCUT2D eigenvalue weighted by Crippen LogP contribution is -2.22. The summed E-state index contributed by atoms with van der Waals surface area (Å²) in [5.41, 5.74) is 0. The summed E-state index contributed by atoms with van der Waals surface area (Å²) in [6.45, 7) is 0.144. The van der Waals surface area contributed by atoms with E-state index in [1.54, 1.807) is 12.1 Å². The molecule has 0 saturated carbocycles. The predicted molar refractivity (Wildman–Crippen MR) is 57.4 cm³/mol. The Bertz CT molecular complexity index is 316. The van der Waals surface area contributed by atoms with Crippen molar-refractivity contribution in [1.82, 2.24) is 0 Å². The van der Waals surface area contributed by atoms with Gasteiger partial charge >= 0.3 is 0 Å². The van der Waals surface area contributed by atoms with Crippen LogP contribution < -0.4 is 4.74 Å². The zero-order valence-electron chi connectivity index (χ0n) is 8.50. The predicted octanol–water partition coefficient (Wildman–Crippen LogP) is 2.59. The molecule has 5 heteroatoms. The smallest absolute Gasteiger partial charge is 0.191 e. The Balaban J connectivity index is 2.57. The Morgan fingerprint density at radius 3 is 2.53 bits per heavy atom.